The third-order valence-electron chi connectivity index (χ3n) is 5.26. The molecular formula is C18H26BrN5O2. The van der Waals surface area contributed by atoms with E-state index >= 15 is 0 Å². The van der Waals surface area contributed by atoms with Crippen LogP contribution >= 0.6 is 15.9 Å². The molecule has 0 spiro atoms. The molecule has 1 aromatic rings. The number of carbonyl (C=O) groups is 2. The molecule has 0 bridgehead atoms. The molecule has 3 rings (SSSR count). The van der Waals surface area contributed by atoms with Crippen LogP contribution in [-0.2, 0) is 4.79 Å². The first-order valence-electron chi connectivity index (χ1n) is 9.18. The highest BCUT2D eigenvalue weighted by atomic mass is 79.9. The average molecular weight is 424 g/mol. The molecule has 7 nitrogen and oxygen atoms in total. The van der Waals surface area contributed by atoms with Gasteiger partial charge in [-0.3, -0.25) is 14.5 Å². The summed E-state index contributed by atoms with van der Waals surface area (Å²) in [5.41, 5.74) is 6.50. The molecule has 26 heavy (non-hydrogen) atoms. The van der Waals surface area contributed by atoms with E-state index < -0.39 is 5.91 Å². The van der Waals surface area contributed by atoms with E-state index in [1.165, 1.54) is 6.42 Å². The van der Waals surface area contributed by atoms with Gasteiger partial charge in [-0.05, 0) is 48.2 Å². The SMILES string of the molecule is C[C@@H]1CCCCN1C(=O)CN1CCN(c2cc(Br)cnc2C(N)=O)CC1. The van der Waals surface area contributed by atoms with Crippen molar-refractivity contribution in [3.8, 4) is 0 Å². The molecule has 0 radical (unpaired) electrons. The molecule has 2 N–H and O–H groups in total. The number of likely N-dealkylation sites (tertiary alicyclic amines) is 1. The summed E-state index contributed by atoms with van der Waals surface area (Å²) < 4.78 is 0.814. The molecule has 3 heterocycles. The van der Waals surface area contributed by atoms with Crippen molar-refractivity contribution in [2.24, 2.45) is 5.73 Å². The summed E-state index contributed by atoms with van der Waals surface area (Å²) in [4.78, 5) is 34.7. The summed E-state index contributed by atoms with van der Waals surface area (Å²) in [5.74, 6) is -0.295. The largest absolute Gasteiger partial charge is 0.367 e. The van der Waals surface area contributed by atoms with Crippen molar-refractivity contribution in [2.45, 2.75) is 32.2 Å². The van der Waals surface area contributed by atoms with Crippen LogP contribution in [0.2, 0.25) is 0 Å². The van der Waals surface area contributed by atoms with Crippen molar-refractivity contribution in [3.63, 3.8) is 0 Å². The number of primary amides is 1. The highest BCUT2D eigenvalue weighted by Crippen LogP contribution is 2.24. The fraction of sp³-hybridized carbons (Fsp3) is 0.611. The number of piperidine rings is 1. The lowest BCUT2D eigenvalue weighted by Crippen LogP contribution is -2.52. The predicted molar refractivity (Wildman–Crippen MR) is 104 cm³/mol. The minimum absolute atomic E-state index is 0.229. The van der Waals surface area contributed by atoms with Gasteiger partial charge in [0.05, 0.1) is 12.2 Å². The number of nitrogens with zero attached hydrogens (tertiary/aromatic N) is 4. The summed E-state index contributed by atoms with van der Waals surface area (Å²) in [6.45, 7) is 6.52. The number of amides is 2. The van der Waals surface area contributed by atoms with Gasteiger partial charge in [-0.15, -0.1) is 0 Å². The van der Waals surface area contributed by atoms with Gasteiger partial charge in [-0.2, -0.15) is 0 Å². The van der Waals surface area contributed by atoms with Crippen LogP contribution < -0.4 is 10.6 Å². The van der Waals surface area contributed by atoms with Crippen LogP contribution in [0.25, 0.3) is 0 Å². The Morgan fingerprint density at radius 1 is 1.23 bits per heavy atom. The number of pyridine rings is 1. The van der Waals surface area contributed by atoms with Crippen molar-refractivity contribution < 1.29 is 9.59 Å². The first kappa shape index (κ1) is 19.1. The van der Waals surface area contributed by atoms with E-state index in [0.717, 1.165) is 55.7 Å². The van der Waals surface area contributed by atoms with Crippen LogP contribution in [0, 0.1) is 0 Å². The smallest absolute Gasteiger partial charge is 0.269 e. The Balaban J connectivity index is 1.59. The van der Waals surface area contributed by atoms with Crippen molar-refractivity contribution >= 4 is 33.4 Å². The minimum atomic E-state index is -0.524. The van der Waals surface area contributed by atoms with Crippen molar-refractivity contribution in [1.82, 2.24) is 14.8 Å². The van der Waals surface area contributed by atoms with E-state index in [4.69, 9.17) is 5.73 Å². The van der Waals surface area contributed by atoms with E-state index in [-0.39, 0.29) is 5.91 Å². The maximum atomic E-state index is 12.6. The predicted octanol–water partition coefficient (Wildman–Crippen LogP) is 1.47. The van der Waals surface area contributed by atoms with Gasteiger partial charge in [0.15, 0.2) is 5.69 Å². The fourth-order valence-corrected chi connectivity index (χ4v) is 4.08. The van der Waals surface area contributed by atoms with Gasteiger partial charge < -0.3 is 15.5 Å². The topological polar surface area (TPSA) is 82.8 Å². The van der Waals surface area contributed by atoms with Crippen LogP contribution in [0.4, 0.5) is 5.69 Å². The summed E-state index contributed by atoms with van der Waals surface area (Å²) in [6.07, 6.45) is 5.01. The molecule has 1 atom stereocenters. The molecule has 8 heteroatoms. The second-order valence-corrected chi connectivity index (χ2v) is 8.00. The van der Waals surface area contributed by atoms with Gasteiger partial charge in [-0.25, -0.2) is 4.98 Å². The van der Waals surface area contributed by atoms with Gasteiger partial charge in [0.1, 0.15) is 0 Å². The summed E-state index contributed by atoms with van der Waals surface area (Å²) in [7, 11) is 0. The first-order valence-corrected chi connectivity index (χ1v) is 9.97. The van der Waals surface area contributed by atoms with Crippen molar-refractivity contribution in [1.29, 1.82) is 0 Å². The Hall–Kier alpha value is -1.67. The molecule has 0 aliphatic carbocycles. The van der Waals surface area contributed by atoms with Crippen molar-refractivity contribution in [3.05, 3.63) is 22.4 Å². The van der Waals surface area contributed by atoms with Gasteiger partial charge in [0.25, 0.3) is 5.91 Å². The zero-order chi connectivity index (χ0) is 18.7. The number of rotatable bonds is 4. The monoisotopic (exact) mass is 423 g/mol. The van der Waals surface area contributed by atoms with Gasteiger partial charge in [-0.1, -0.05) is 0 Å². The number of carbonyl (C=O) groups excluding carboxylic acids is 2. The Morgan fingerprint density at radius 3 is 2.62 bits per heavy atom. The maximum absolute atomic E-state index is 12.6. The Morgan fingerprint density at radius 2 is 1.96 bits per heavy atom. The minimum Gasteiger partial charge on any atom is -0.367 e. The lowest BCUT2D eigenvalue weighted by Gasteiger charge is -2.39. The number of piperazine rings is 1. The lowest BCUT2D eigenvalue weighted by atomic mass is 10.0. The van der Waals surface area contributed by atoms with Gasteiger partial charge >= 0.3 is 0 Å². The maximum Gasteiger partial charge on any atom is 0.269 e. The van der Waals surface area contributed by atoms with E-state index in [0.29, 0.717) is 18.3 Å². The molecular weight excluding hydrogens is 398 g/mol. The third kappa shape index (κ3) is 4.35. The average Bonchev–Trinajstić information content (AvgIpc) is 2.62. The van der Waals surface area contributed by atoms with Crippen LogP contribution in [0.5, 0.6) is 0 Å². The van der Waals surface area contributed by atoms with Crippen LogP contribution in [0.3, 0.4) is 0 Å². The molecule has 142 valence electrons. The summed E-state index contributed by atoms with van der Waals surface area (Å²) in [6, 6.07) is 2.23. The number of halogens is 1. The number of anilines is 1. The number of nitrogens with two attached hydrogens (primary N) is 1. The second-order valence-electron chi connectivity index (χ2n) is 7.08. The number of aromatic nitrogens is 1. The number of hydrogen-bond acceptors (Lipinski definition) is 5. The van der Waals surface area contributed by atoms with E-state index in [2.05, 4.69) is 37.6 Å². The van der Waals surface area contributed by atoms with Crippen LogP contribution in [0.15, 0.2) is 16.7 Å². The Kier molecular flexibility index (Phi) is 6.13. The standard InChI is InChI=1S/C18H26BrN5O2/c1-13-4-2-3-5-24(13)16(25)12-22-6-8-23(9-7-22)15-10-14(19)11-21-17(15)18(20)26/h10-11,13H,2-9,12H2,1H3,(H2,20,26)/t13-/m1/s1. The Labute approximate surface area is 162 Å². The molecule has 0 saturated carbocycles. The molecule has 2 amide bonds. The van der Waals surface area contributed by atoms with Crippen molar-refractivity contribution in [2.75, 3.05) is 44.2 Å². The molecule has 2 aliphatic rings. The third-order valence-corrected chi connectivity index (χ3v) is 5.70. The Bertz CT molecular complexity index is 676. The van der Waals surface area contributed by atoms with Crippen LogP contribution in [-0.4, -0.2) is 71.9 Å². The molecule has 2 aliphatic heterocycles. The quantitative estimate of drug-likeness (QED) is 0.792. The van der Waals surface area contributed by atoms with E-state index in [9.17, 15) is 9.59 Å². The zero-order valence-electron chi connectivity index (χ0n) is 15.2. The number of hydrogen-bond donors (Lipinski definition) is 1. The van der Waals surface area contributed by atoms with E-state index in [1.807, 2.05) is 11.0 Å². The highest BCUT2D eigenvalue weighted by molar-refractivity contribution is 9.10. The molecule has 2 fully saturated rings. The second kappa shape index (κ2) is 8.35. The highest BCUT2D eigenvalue weighted by Gasteiger charge is 2.27. The normalized spacial score (nSPS) is 21.7. The van der Waals surface area contributed by atoms with Crippen LogP contribution in [0.1, 0.15) is 36.7 Å². The van der Waals surface area contributed by atoms with Gasteiger partial charge in [0, 0.05) is 49.4 Å². The zero-order valence-corrected chi connectivity index (χ0v) is 16.7. The molecule has 1 aromatic heterocycles. The summed E-state index contributed by atoms with van der Waals surface area (Å²) in [5, 5.41) is 0. The molecule has 0 aromatic carbocycles. The van der Waals surface area contributed by atoms with E-state index in [1.54, 1.807) is 6.20 Å². The van der Waals surface area contributed by atoms with Gasteiger partial charge in [0.2, 0.25) is 5.91 Å². The fourth-order valence-electron chi connectivity index (χ4n) is 3.76. The molecule has 2 saturated heterocycles. The first-order chi connectivity index (χ1) is 12.5. The lowest BCUT2D eigenvalue weighted by molar-refractivity contribution is -0.135. The summed E-state index contributed by atoms with van der Waals surface area (Å²) >= 11 is 3.40. The molecule has 0 unspecified atom stereocenters.